The molecule has 0 aliphatic carbocycles. The van der Waals surface area contributed by atoms with Crippen LogP contribution in [-0.4, -0.2) is 31.7 Å². The minimum absolute atomic E-state index is 0.192. The Morgan fingerprint density at radius 2 is 1.54 bits per heavy atom. The second-order valence-electron chi connectivity index (χ2n) is 7.76. The zero-order chi connectivity index (χ0) is 20.0. The molecule has 0 spiro atoms. The standard InChI is InChI=1S/C22H24BN3O2/c1-13(2)18-21-19(25-22(24-18)14(3)4)16-11-8-12-17(23(27)28)20(16)26(21)15-9-6-5-7-10-15/h5-14,27-28H,1-4H3. The summed E-state index contributed by atoms with van der Waals surface area (Å²) in [4.78, 5) is 9.80. The Kier molecular flexibility index (Phi) is 4.69. The van der Waals surface area contributed by atoms with Gasteiger partial charge in [-0.3, -0.25) is 0 Å². The van der Waals surface area contributed by atoms with Crippen LogP contribution in [0.3, 0.4) is 0 Å². The predicted molar refractivity (Wildman–Crippen MR) is 114 cm³/mol. The highest BCUT2D eigenvalue weighted by atomic mass is 16.4. The van der Waals surface area contributed by atoms with E-state index in [4.69, 9.17) is 9.97 Å². The van der Waals surface area contributed by atoms with E-state index in [1.54, 1.807) is 6.07 Å². The summed E-state index contributed by atoms with van der Waals surface area (Å²) < 4.78 is 2.07. The number of hydrogen-bond acceptors (Lipinski definition) is 4. The number of aromatic nitrogens is 3. The molecule has 2 heterocycles. The molecule has 4 aromatic rings. The fourth-order valence-corrected chi connectivity index (χ4v) is 3.72. The number of rotatable bonds is 4. The number of fused-ring (bicyclic) bond motifs is 3. The maximum absolute atomic E-state index is 10.0. The predicted octanol–water partition coefficient (Wildman–Crippen LogP) is 3.50. The first kappa shape index (κ1) is 18.7. The first-order chi connectivity index (χ1) is 13.4. The van der Waals surface area contributed by atoms with Crippen molar-refractivity contribution in [3.63, 3.8) is 0 Å². The molecule has 0 fully saturated rings. The van der Waals surface area contributed by atoms with Crippen molar-refractivity contribution in [1.29, 1.82) is 0 Å². The van der Waals surface area contributed by atoms with Gasteiger partial charge in [0.15, 0.2) is 0 Å². The van der Waals surface area contributed by atoms with Crippen molar-refractivity contribution in [3.05, 3.63) is 60.0 Å². The highest BCUT2D eigenvalue weighted by Crippen LogP contribution is 2.35. The van der Waals surface area contributed by atoms with Crippen molar-refractivity contribution in [2.24, 2.45) is 0 Å². The van der Waals surface area contributed by atoms with Gasteiger partial charge < -0.3 is 14.6 Å². The molecule has 5 nitrogen and oxygen atoms in total. The molecule has 0 radical (unpaired) electrons. The molecule has 2 aromatic heterocycles. The maximum Gasteiger partial charge on any atom is 0.490 e. The number of nitrogens with zero attached hydrogens (tertiary/aromatic N) is 3. The molecule has 28 heavy (non-hydrogen) atoms. The smallest absolute Gasteiger partial charge is 0.423 e. The van der Waals surface area contributed by atoms with Crippen LogP contribution in [-0.2, 0) is 0 Å². The van der Waals surface area contributed by atoms with Gasteiger partial charge in [0.05, 0.1) is 16.7 Å². The van der Waals surface area contributed by atoms with Gasteiger partial charge in [0.1, 0.15) is 11.3 Å². The average Bonchev–Trinajstić information content (AvgIpc) is 3.02. The Bertz CT molecular complexity index is 1150. The lowest BCUT2D eigenvalue weighted by Gasteiger charge is -2.15. The van der Waals surface area contributed by atoms with E-state index < -0.39 is 7.12 Å². The van der Waals surface area contributed by atoms with Crippen LogP contribution in [0.1, 0.15) is 51.0 Å². The quantitative estimate of drug-likeness (QED) is 0.537. The summed E-state index contributed by atoms with van der Waals surface area (Å²) in [7, 11) is -1.57. The Hall–Kier alpha value is -2.70. The van der Waals surface area contributed by atoms with E-state index in [2.05, 4.69) is 32.3 Å². The average molecular weight is 373 g/mol. The molecule has 0 bridgehead atoms. The summed E-state index contributed by atoms with van der Waals surface area (Å²) in [6, 6.07) is 15.5. The molecule has 0 aliphatic heterocycles. The molecule has 0 aliphatic rings. The van der Waals surface area contributed by atoms with Gasteiger partial charge in [-0.2, -0.15) is 0 Å². The van der Waals surface area contributed by atoms with Gasteiger partial charge in [0.2, 0.25) is 0 Å². The van der Waals surface area contributed by atoms with Crippen molar-refractivity contribution in [2.45, 2.75) is 39.5 Å². The summed E-state index contributed by atoms with van der Waals surface area (Å²) in [6.45, 7) is 8.43. The van der Waals surface area contributed by atoms with Crippen LogP contribution in [0, 0.1) is 0 Å². The number of hydrogen-bond donors (Lipinski definition) is 2. The van der Waals surface area contributed by atoms with Crippen LogP contribution in [0.4, 0.5) is 0 Å². The van der Waals surface area contributed by atoms with Crippen LogP contribution < -0.4 is 5.46 Å². The lowest BCUT2D eigenvalue weighted by molar-refractivity contribution is 0.426. The largest absolute Gasteiger partial charge is 0.490 e. The van der Waals surface area contributed by atoms with Gasteiger partial charge >= 0.3 is 7.12 Å². The van der Waals surface area contributed by atoms with E-state index in [9.17, 15) is 10.0 Å². The summed E-state index contributed by atoms with van der Waals surface area (Å²) in [5.41, 5.74) is 4.90. The van der Waals surface area contributed by atoms with Crippen molar-refractivity contribution >= 4 is 34.5 Å². The van der Waals surface area contributed by atoms with Gasteiger partial charge in [-0.05, 0) is 18.1 Å². The van der Waals surface area contributed by atoms with Crippen LogP contribution in [0.25, 0.3) is 27.6 Å². The fourth-order valence-electron chi connectivity index (χ4n) is 3.72. The second-order valence-corrected chi connectivity index (χ2v) is 7.76. The lowest BCUT2D eigenvalue weighted by atomic mass is 9.79. The van der Waals surface area contributed by atoms with Gasteiger partial charge in [0.25, 0.3) is 0 Å². The highest BCUT2D eigenvalue weighted by Gasteiger charge is 2.25. The number of benzene rings is 2. The monoisotopic (exact) mass is 373 g/mol. The fraction of sp³-hybridized carbons (Fsp3) is 0.273. The highest BCUT2D eigenvalue weighted by molar-refractivity contribution is 6.62. The minimum atomic E-state index is -1.57. The molecular formula is C22H24BN3O2. The van der Waals surface area contributed by atoms with Crippen LogP contribution >= 0.6 is 0 Å². The Morgan fingerprint density at radius 1 is 0.821 bits per heavy atom. The summed E-state index contributed by atoms with van der Waals surface area (Å²) in [6.07, 6.45) is 0. The molecule has 2 N–H and O–H groups in total. The molecule has 0 unspecified atom stereocenters. The SMILES string of the molecule is CC(C)c1nc(C(C)C)c2c(n1)c1cccc(B(O)O)c1n2-c1ccccc1. The summed E-state index contributed by atoms with van der Waals surface area (Å²) in [5.74, 6) is 1.19. The van der Waals surface area contributed by atoms with Crippen LogP contribution in [0.2, 0.25) is 0 Å². The van der Waals surface area contributed by atoms with E-state index in [0.29, 0.717) is 5.46 Å². The molecule has 4 rings (SSSR count). The van der Waals surface area contributed by atoms with E-state index in [1.807, 2.05) is 42.5 Å². The Balaban J connectivity index is 2.28. The van der Waals surface area contributed by atoms with Gasteiger partial charge in [-0.15, -0.1) is 0 Å². The molecule has 0 atom stereocenters. The first-order valence-electron chi connectivity index (χ1n) is 9.66. The van der Waals surface area contributed by atoms with Crippen molar-refractivity contribution in [1.82, 2.24) is 14.5 Å². The Morgan fingerprint density at radius 3 is 2.14 bits per heavy atom. The second kappa shape index (κ2) is 7.04. The molecule has 142 valence electrons. The third kappa shape index (κ3) is 2.89. The number of para-hydroxylation sites is 2. The lowest BCUT2D eigenvalue weighted by Crippen LogP contribution is -2.31. The topological polar surface area (TPSA) is 71.2 Å². The molecule has 0 amide bonds. The molecule has 0 saturated carbocycles. The normalized spacial score (nSPS) is 11.9. The zero-order valence-electron chi connectivity index (χ0n) is 16.6. The van der Waals surface area contributed by atoms with E-state index in [1.165, 1.54) is 0 Å². The van der Waals surface area contributed by atoms with Gasteiger partial charge in [-0.1, -0.05) is 64.1 Å². The zero-order valence-corrected chi connectivity index (χ0v) is 16.6. The summed E-state index contributed by atoms with van der Waals surface area (Å²) >= 11 is 0. The van der Waals surface area contributed by atoms with Gasteiger partial charge in [0, 0.05) is 22.5 Å². The van der Waals surface area contributed by atoms with Crippen molar-refractivity contribution in [3.8, 4) is 5.69 Å². The molecule has 6 heteroatoms. The van der Waals surface area contributed by atoms with Crippen LogP contribution in [0.5, 0.6) is 0 Å². The molecule has 0 saturated heterocycles. The van der Waals surface area contributed by atoms with E-state index in [-0.39, 0.29) is 11.8 Å². The van der Waals surface area contributed by atoms with Gasteiger partial charge in [-0.25, -0.2) is 9.97 Å². The third-order valence-electron chi connectivity index (χ3n) is 5.05. The first-order valence-corrected chi connectivity index (χ1v) is 9.66. The molecule has 2 aromatic carbocycles. The summed E-state index contributed by atoms with van der Waals surface area (Å²) in [5, 5.41) is 21.0. The minimum Gasteiger partial charge on any atom is -0.423 e. The maximum atomic E-state index is 10.0. The van der Waals surface area contributed by atoms with E-state index in [0.717, 1.165) is 39.1 Å². The van der Waals surface area contributed by atoms with E-state index >= 15 is 0 Å². The third-order valence-corrected chi connectivity index (χ3v) is 5.05. The molecular weight excluding hydrogens is 349 g/mol. The van der Waals surface area contributed by atoms with Crippen LogP contribution in [0.15, 0.2) is 48.5 Å². The van der Waals surface area contributed by atoms with Crippen molar-refractivity contribution in [2.75, 3.05) is 0 Å². The Labute approximate surface area is 164 Å². The van der Waals surface area contributed by atoms with Crippen molar-refractivity contribution < 1.29 is 10.0 Å².